The second-order valence-corrected chi connectivity index (χ2v) is 8.38. The first-order valence-corrected chi connectivity index (χ1v) is 11.9. The molecule has 1 heterocycles. The Bertz CT molecular complexity index is 1050. The van der Waals surface area contributed by atoms with Crippen LogP contribution in [0.4, 0.5) is 5.69 Å². The van der Waals surface area contributed by atoms with Crippen LogP contribution in [0.3, 0.4) is 0 Å². The van der Waals surface area contributed by atoms with Crippen LogP contribution in [0, 0.1) is 10.8 Å². The number of hydrogen-bond donors (Lipinski definition) is 4. The molecule has 0 saturated carbocycles. The molecule has 9 heteroatoms. The number of amides is 1. The minimum atomic E-state index is -0.0170. The normalized spacial score (nSPS) is 13.9. The highest BCUT2D eigenvalue weighted by Gasteiger charge is 2.27. The lowest BCUT2D eigenvalue weighted by atomic mass is 10.0. The molecule has 0 aromatic heterocycles. The quantitative estimate of drug-likeness (QED) is 0.259. The van der Waals surface area contributed by atoms with Crippen LogP contribution in [0.2, 0.25) is 0 Å². The number of allylic oxidation sites excluding steroid dienone is 1. The van der Waals surface area contributed by atoms with Crippen molar-refractivity contribution in [1.82, 2.24) is 15.3 Å². The zero-order valence-electron chi connectivity index (χ0n) is 21.8. The molecule has 9 nitrogen and oxygen atoms in total. The maximum Gasteiger partial charge on any atom is 0.268 e. The zero-order chi connectivity index (χ0) is 26.5. The number of ether oxygens (including phenoxy) is 2. The molecule has 2 aromatic rings. The molecular weight excluding hydrogens is 456 g/mol. The third-order valence-corrected chi connectivity index (χ3v) is 5.63. The molecule has 1 saturated heterocycles. The molecule has 0 radical (unpaired) electrons. The predicted octanol–water partition coefficient (Wildman–Crippen LogP) is 4.34. The molecule has 194 valence electrons. The number of rotatable bonds is 7. The van der Waals surface area contributed by atoms with Gasteiger partial charge in [0.1, 0.15) is 5.75 Å². The molecule has 2 aromatic carbocycles. The standard InChI is InChI=1S/C15H23N3O2.C12H15N3O/c1-16-18(13-7-9-17(2)10-8-13)15(19)12-5-4-6-14(11-12)20-3;1-3-7-15-11-6-4-5-10(8-11)12(14)16-9(2)13/h4-6,11,13,16H,7-10H2,1-3H3;3-8,13-15H,1-2H3/b;7-3-,13-9?,14-12?. The van der Waals surface area contributed by atoms with Crippen molar-refractivity contribution in [2.45, 2.75) is 32.7 Å². The summed E-state index contributed by atoms with van der Waals surface area (Å²) in [6, 6.07) is 14.8. The lowest BCUT2D eigenvalue weighted by Crippen LogP contribution is -2.51. The Kier molecular flexibility index (Phi) is 11.6. The van der Waals surface area contributed by atoms with Gasteiger partial charge in [-0.3, -0.25) is 20.6 Å². The van der Waals surface area contributed by atoms with E-state index in [1.807, 2.05) is 49.5 Å². The summed E-state index contributed by atoms with van der Waals surface area (Å²) in [5, 5.41) is 19.6. The Hall–Kier alpha value is -3.69. The Balaban J connectivity index is 0.000000261. The Labute approximate surface area is 214 Å². The van der Waals surface area contributed by atoms with E-state index in [4.69, 9.17) is 20.3 Å². The van der Waals surface area contributed by atoms with Crippen molar-refractivity contribution in [2.24, 2.45) is 0 Å². The second kappa shape index (κ2) is 14.7. The van der Waals surface area contributed by atoms with Crippen molar-refractivity contribution >= 4 is 23.4 Å². The lowest BCUT2D eigenvalue weighted by Gasteiger charge is -2.36. The molecule has 4 N–H and O–H groups in total. The highest BCUT2D eigenvalue weighted by molar-refractivity contribution is 5.99. The molecule has 1 aliphatic rings. The third kappa shape index (κ3) is 8.83. The molecule has 36 heavy (non-hydrogen) atoms. The molecule has 0 spiro atoms. The van der Waals surface area contributed by atoms with Gasteiger partial charge in [0.25, 0.3) is 5.91 Å². The molecule has 1 aliphatic heterocycles. The molecule has 1 amide bonds. The number of carbonyl (C=O) groups excluding carboxylic acids is 1. The summed E-state index contributed by atoms with van der Waals surface area (Å²) in [6.45, 7) is 5.46. The Morgan fingerprint density at radius 1 is 1.11 bits per heavy atom. The minimum absolute atomic E-state index is 0.000882. The molecule has 1 fully saturated rings. The monoisotopic (exact) mass is 494 g/mol. The van der Waals surface area contributed by atoms with E-state index >= 15 is 0 Å². The van der Waals surface area contributed by atoms with Crippen LogP contribution >= 0.6 is 0 Å². The van der Waals surface area contributed by atoms with Gasteiger partial charge in [0, 0.05) is 30.8 Å². The number of nitrogens with one attached hydrogen (secondary N) is 4. The van der Waals surface area contributed by atoms with E-state index in [0.29, 0.717) is 16.9 Å². The second-order valence-electron chi connectivity index (χ2n) is 8.38. The van der Waals surface area contributed by atoms with E-state index in [9.17, 15) is 4.79 Å². The average Bonchev–Trinajstić information content (AvgIpc) is 2.89. The molecular formula is C27H38N6O3. The van der Waals surface area contributed by atoms with E-state index in [0.717, 1.165) is 31.6 Å². The number of carbonyl (C=O) groups is 1. The van der Waals surface area contributed by atoms with Crippen molar-refractivity contribution in [3.05, 3.63) is 71.9 Å². The fraction of sp³-hybridized carbons (Fsp3) is 0.370. The van der Waals surface area contributed by atoms with Gasteiger partial charge in [-0.1, -0.05) is 18.2 Å². The summed E-state index contributed by atoms with van der Waals surface area (Å²) in [4.78, 5) is 14.9. The Morgan fingerprint density at radius 3 is 2.39 bits per heavy atom. The predicted molar refractivity (Wildman–Crippen MR) is 145 cm³/mol. The van der Waals surface area contributed by atoms with Gasteiger partial charge in [0.05, 0.1) is 13.2 Å². The van der Waals surface area contributed by atoms with Gasteiger partial charge >= 0.3 is 0 Å². The number of nitrogens with zero attached hydrogens (tertiary/aromatic N) is 2. The van der Waals surface area contributed by atoms with Gasteiger partial charge in [-0.25, -0.2) is 5.43 Å². The van der Waals surface area contributed by atoms with Crippen molar-refractivity contribution in [1.29, 1.82) is 10.8 Å². The van der Waals surface area contributed by atoms with Crippen molar-refractivity contribution in [2.75, 3.05) is 39.6 Å². The number of hydrazine groups is 1. The number of methoxy groups -OCH3 is 1. The van der Waals surface area contributed by atoms with Gasteiger partial charge in [-0.15, -0.1) is 0 Å². The van der Waals surface area contributed by atoms with Crippen LogP contribution in [0.25, 0.3) is 0 Å². The van der Waals surface area contributed by atoms with Crippen molar-refractivity contribution in [3.8, 4) is 5.75 Å². The van der Waals surface area contributed by atoms with E-state index in [-0.39, 0.29) is 23.7 Å². The summed E-state index contributed by atoms with van der Waals surface area (Å²) >= 11 is 0. The topological polar surface area (TPSA) is 114 Å². The maximum absolute atomic E-state index is 12.6. The SMILES string of the molecule is C/C=C\Nc1cccc(C(=N)OC(C)=N)c1.CNN(C(=O)c1cccc(OC)c1)C1CCN(C)CC1. The Morgan fingerprint density at radius 2 is 1.78 bits per heavy atom. The lowest BCUT2D eigenvalue weighted by molar-refractivity contribution is 0.0463. The summed E-state index contributed by atoms with van der Waals surface area (Å²) in [7, 11) is 5.52. The van der Waals surface area contributed by atoms with Gasteiger partial charge in [-0.2, -0.15) is 0 Å². The number of benzene rings is 2. The third-order valence-electron chi connectivity index (χ3n) is 5.63. The number of piperidine rings is 1. The van der Waals surface area contributed by atoms with Crippen LogP contribution < -0.4 is 15.5 Å². The van der Waals surface area contributed by atoms with Crippen LogP contribution in [-0.4, -0.2) is 67.9 Å². The highest BCUT2D eigenvalue weighted by atomic mass is 16.5. The summed E-state index contributed by atoms with van der Waals surface area (Å²) in [5.74, 6) is 0.699. The van der Waals surface area contributed by atoms with Crippen molar-refractivity contribution < 1.29 is 14.3 Å². The van der Waals surface area contributed by atoms with Crippen LogP contribution in [0.5, 0.6) is 5.75 Å². The van der Waals surface area contributed by atoms with Gasteiger partial charge < -0.3 is 19.7 Å². The van der Waals surface area contributed by atoms with Gasteiger partial charge in [0.2, 0.25) is 5.90 Å². The first kappa shape index (κ1) is 28.5. The number of hydrogen-bond acceptors (Lipinski definition) is 8. The van der Waals surface area contributed by atoms with E-state index in [1.54, 1.807) is 37.4 Å². The fourth-order valence-corrected chi connectivity index (χ4v) is 3.74. The summed E-state index contributed by atoms with van der Waals surface area (Å²) in [5.41, 5.74) is 5.22. The first-order chi connectivity index (χ1) is 17.3. The zero-order valence-corrected chi connectivity index (χ0v) is 21.8. The van der Waals surface area contributed by atoms with E-state index < -0.39 is 0 Å². The molecule has 0 unspecified atom stereocenters. The van der Waals surface area contributed by atoms with E-state index in [1.165, 1.54) is 6.92 Å². The summed E-state index contributed by atoms with van der Waals surface area (Å²) in [6.07, 6.45) is 5.68. The van der Waals surface area contributed by atoms with Crippen LogP contribution in [0.15, 0.2) is 60.8 Å². The largest absolute Gasteiger partial charge is 0.497 e. The summed E-state index contributed by atoms with van der Waals surface area (Å²) < 4.78 is 10.1. The first-order valence-electron chi connectivity index (χ1n) is 11.9. The van der Waals surface area contributed by atoms with Crippen molar-refractivity contribution in [3.63, 3.8) is 0 Å². The smallest absolute Gasteiger partial charge is 0.268 e. The highest BCUT2D eigenvalue weighted by Crippen LogP contribution is 2.19. The van der Waals surface area contributed by atoms with Crippen LogP contribution in [0.1, 0.15) is 42.6 Å². The number of likely N-dealkylation sites (tertiary alicyclic amines) is 1. The maximum atomic E-state index is 12.6. The average molecular weight is 495 g/mol. The molecule has 3 rings (SSSR count). The molecule has 0 bridgehead atoms. The number of anilines is 1. The van der Waals surface area contributed by atoms with Gasteiger partial charge in [-0.05, 0) is 82.5 Å². The van der Waals surface area contributed by atoms with E-state index in [2.05, 4.69) is 22.7 Å². The molecule has 0 atom stereocenters. The van der Waals surface area contributed by atoms with Crippen LogP contribution in [-0.2, 0) is 4.74 Å². The fourth-order valence-electron chi connectivity index (χ4n) is 3.74. The molecule has 0 aliphatic carbocycles. The van der Waals surface area contributed by atoms with Gasteiger partial charge in [0.15, 0.2) is 5.90 Å². The minimum Gasteiger partial charge on any atom is -0.497 e.